The number of Topliss-reactive ketones (excluding diaryl/α,β-unsaturated/α-hetero) is 1. The molecule has 9 heteroatoms. The number of aromatic nitrogens is 2. The van der Waals surface area contributed by atoms with Gasteiger partial charge >= 0.3 is 12.3 Å². The van der Waals surface area contributed by atoms with Crippen LogP contribution < -0.4 is 0 Å². The molecule has 0 amide bonds. The largest absolute Gasteiger partial charge is 0.367 e. The lowest BCUT2D eigenvalue weighted by Gasteiger charge is -2.14. The van der Waals surface area contributed by atoms with E-state index in [1.54, 1.807) is 7.05 Å². The van der Waals surface area contributed by atoms with Crippen molar-refractivity contribution in [1.82, 2.24) is 9.78 Å². The number of alkyl halides is 4. The van der Waals surface area contributed by atoms with Crippen molar-refractivity contribution in [3.05, 3.63) is 16.4 Å². The Morgan fingerprint density at radius 3 is 2.57 bits per heavy atom. The quantitative estimate of drug-likeness (QED) is 0.688. The van der Waals surface area contributed by atoms with E-state index < -0.39 is 31.3 Å². The second kappa shape index (κ2) is 7.22. The third kappa shape index (κ3) is 4.67. The van der Waals surface area contributed by atoms with Gasteiger partial charge in [0.05, 0.1) is 22.8 Å². The van der Waals surface area contributed by atoms with Gasteiger partial charge in [-0.1, -0.05) is 18.5 Å². The molecule has 0 aromatic carbocycles. The highest BCUT2D eigenvalue weighted by atomic mass is 35.5. The molecule has 0 N–H and O–H groups in total. The molecule has 0 aliphatic carbocycles. The van der Waals surface area contributed by atoms with Crippen LogP contribution in [-0.4, -0.2) is 41.1 Å². The van der Waals surface area contributed by atoms with Crippen LogP contribution in [0.25, 0.3) is 0 Å². The summed E-state index contributed by atoms with van der Waals surface area (Å²) in [7, 11) is 1.60. The molecule has 0 fully saturated rings. The van der Waals surface area contributed by atoms with E-state index in [4.69, 9.17) is 11.6 Å². The van der Waals surface area contributed by atoms with Crippen molar-refractivity contribution in [3.8, 4) is 0 Å². The summed E-state index contributed by atoms with van der Waals surface area (Å²) in [4.78, 5) is 11.6. The monoisotopic (exact) mass is 330 g/mol. The molecule has 0 bridgehead atoms. The molecule has 0 radical (unpaired) electrons. The zero-order valence-corrected chi connectivity index (χ0v) is 12.3. The highest BCUT2D eigenvalue weighted by molar-refractivity contribution is 6.32. The van der Waals surface area contributed by atoms with E-state index in [0.29, 0.717) is 22.8 Å². The van der Waals surface area contributed by atoms with Crippen LogP contribution in [0.5, 0.6) is 0 Å². The number of hydrogen-bond acceptors (Lipinski definition) is 3. The van der Waals surface area contributed by atoms with E-state index in [0.717, 1.165) is 0 Å². The Morgan fingerprint density at radius 2 is 2.10 bits per heavy atom. The van der Waals surface area contributed by atoms with Crippen LogP contribution in [0.15, 0.2) is 0 Å². The van der Waals surface area contributed by atoms with Gasteiger partial charge in [0.15, 0.2) is 5.78 Å². The maximum absolute atomic E-state index is 12.6. The molecule has 0 spiro atoms. The standard InChI is InChI=1S/C12H15ClF4N2O2/c1-3-8-10(13)9(19(2)18-8)4-7(20)5-21-6-12(16,17)11(14)15/h11H,3-6H2,1-2H3. The van der Waals surface area contributed by atoms with Gasteiger partial charge in [-0.3, -0.25) is 9.48 Å². The number of rotatable bonds is 8. The Bertz CT molecular complexity index is 506. The molecule has 0 saturated heterocycles. The molecule has 1 heterocycles. The number of aryl methyl sites for hydroxylation is 2. The maximum atomic E-state index is 12.6. The first-order chi connectivity index (χ1) is 9.69. The third-order valence-electron chi connectivity index (χ3n) is 2.74. The number of ether oxygens (including phenoxy) is 1. The van der Waals surface area contributed by atoms with E-state index in [1.807, 2.05) is 6.92 Å². The van der Waals surface area contributed by atoms with Gasteiger partial charge in [-0.25, -0.2) is 8.78 Å². The lowest BCUT2D eigenvalue weighted by molar-refractivity contribution is -0.168. The number of hydrogen-bond donors (Lipinski definition) is 0. The Balaban J connectivity index is 2.54. The fourth-order valence-corrected chi connectivity index (χ4v) is 1.97. The lowest BCUT2D eigenvalue weighted by Crippen LogP contribution is -2.33. The van der Waals surface area contributed by atoms with Gasteiger partial charge in [-0.2, -0.15) is 13.9 Å². The maximum Gasteiger partial charge on any atom is 0.330 e. The summed E-state index contributed by atoms with van der Waals surface area (Å²) in [5.41, 5.74) is 1.05. The highest BCUT2D eigenvalue weighted by Crippen LogP contribution is 2.23. The molecule has 1 aromatic rings. The predicted molar refractivity (Wildman–Crippen MR) is 68.1 cm³/mol. The zero-order valence-electron chi connectivity index (χ0n) is 11.5. The molecule has 21 heavy (non-hydrogen) atoms. The Kier molecular flexibility index (Phi) is 6.15. The molecule has 120 valence electrons. The van der Waals surface area contributed by atoms with E-state index in [9.17, 15) is 22.4 Å². The minimum absolute atomic E-state index is 0.164. The van der Waals surface area contributed by atoms with Crippen LogP contribution in [0.3, 0.4) is 0 Å². The molecule has 1 aromatic heterocycles. The van der Waals surface area contributed by atoms with Crippen LogP contribution in [0, 0.1) is 0 Å². The van der Waals surface area contributed by atoms with Gasteiger partial charge in [0, 0.05) is 7.05 Å². The molecule has 4 nitrogen and oxygen atoms in total. The Labute approximate surface area is 124 Å². The van der Waals surface area contributed by atoms with Crippen molar-refractivity contribution in [2.24, 2.45) is 7.05 Å². The van der Waals surface area contributed by atoms with E-state index >= 15 is 0 Å². The van der Waals surface area contributed by atoms with E-state index in [-0.39, 0.29) is 6.42 Å². The van der Waals surface area contributed by atoms with Crippen molar-refractivity contribution in [1.29, 1.82) is 0 Å². The van der Waals surface area contributed by atoms with Crippen LogP contribution in [0.2, 0.25) is 5.02 Å². The number of ketones is 1. The summed E-state index contributed by atoms with van der Waals surface area (Å²) < 4.78 is 54.7. The molecule has 0 atom stereocenters. The normalized spacial score (nSPS) is 12.2. The fourth-order valence-electron chi connectivity index (χ4n) is 1.61. The SMILES string of the molecule is CCc1nn(C)c(CC(=O)COCC(F)(F)C(F)F)c1Cl. The van der Waals surface area contributed by atoms with Gasteiger partial charge in [0.2, 0.25) is 0 Å². The molecule has 0 unspecified atom stereocenters. The summed E-state index contributed by atoms with van der Waals surface area (Å²) in [6.45, 7) is -0.351. The van der Waals surface area contributed by atoms with Crippen LogP contribution in [0.1, 0.15) is 18.3 Å². The Morgan fingerprint density at radius 1 is 1.48 bits per heavy atom. The van der Waals surface area contributed by atoms with Crippen molar-refractivity contribution in [2.75, 3.05) is 13.2 Å². The van der Waals surface area contributed by atoms with Crippen LogP contribution in [-0.2, 0) is 29.4 Å². The smallest absolute Gasteiger partial charge is 0.330 e. The number of halogens is 5. The zero-order chi connectivity index (χ0) is 16.2. The van der Waals surface area contributed by atoms with Crippen molar-refractivity contribution in [2.45, 2.75) is 32.1 Å². The average molecular weight is 331 g/mol. The van der Waals surface area contributed by atoms with Gasteiger partial charge in [-0.15, -0.1) is 0 Å². The first kappa shape index (κ1) is 17.9. The van der Waals surface area contributed by atoms with Gasteiger partial charge < -0.3 is 4.74 Å². The summed E-state index contributed by atoms with van der Waals surface area (Å²) in [6.07, 6.45) is -3.41. The predicted octanol–water partition coefficient (Wildman–Crippen LogP) is 2.66. The highest BCUT2D eigenvalue weighted by Gasteiger charge is 2.41. The van der Waals surface area contributed by atoms with Gasteiger partial charge in [0.1, 0.15) is 13.2 Å². The third-order valence-corrected chi connectivity index (χ3v) is 3.18. The first-order valence-electron chi connectivity index (χ1n) is 6.14. The van der Waals surface area contributed by atoms with E-state index in [1.165, 1.54) is 4.68 Å². The van der Waals surface area contributed by atoms with Crippen LogP contribution in [0.4, 0.5) is 17.6 Å². The number of nitrogens with zero attached hydrogens (tertiary/aromatic N) is 2. The second-order valence-electron chi connectivity index (χ2n) is 4.45. The fraction of sp³-hybridized carbons (Fsp3) is 0.667. The van der Waals surface area contributed by atoms with Gasteiger partial charge in [0.25, 0.3) is 0 Å². The minimum Gasteiger partial charge on any atom is -0.367 e. The molecule has 0 aliphatic heterocycles. The summed E-state index contributed by atoms with van der Waals surface area (Å²) >= 11 is 6.03. The van der Waals surface area contributed by atoms with Gasteiger partial charge in [-0.05, 0) is 6.42 Å². The number of carbonyl (C=O) groups is 1. The topological polar surface area (TPSA) is 44.1 Å². The molecule has 0 saturated carbocycles. The molecule has 1 rings (SSSR count). The van der Waals surface area contributed by atoms with Crippen molar-refractivity contribution in [3.63, 3.8) is 0 Å². The average Bonchev–Trinajstić information content (AvgIpc) is 2.65. The van der Waals surface area contributed by atoms with Crippen molar-refractivity contribution < 1.29 is 27.1 Å². The molecular formula is C12H15ClF4N2O2. The van der Waals surface area contributed by atoms with Crippen molar-refractivity contribution >= 4 is 17.4 Å². The summed E-state index contributed by atoms with van der Waals surface area (Å²) in [5.74, 6) is -4.81. The Hall–Kier alpha value is -1.15. The molecular weight excluding hydrogens is 316 g/mol. The number of carbonyl (C=O) groups excluding carboxylic acids is 1. The molecule has 0 aliphatic rings. The lowest BCUT2D eigenvalue weighted by atomic mass is 10.2. The van der Waals surface area contributed by atoms with E-state index in [2.05, 4.69) is 9.84 Å². The van der Waals surface area contributed by atoms with Crippen LogP contribution >= 0.6 is 11.6 Å². The second-order valence-corrected chi connectivity index (χ2v) is 4.83. The summed E-state index contributed by atoms with van der Waals surface area (Å²) in [5, 5.41) is 4.44. The summed E-state index contributed by atoms with van der Waals surface area (Å²) in [6, 6.07) is 0. The first-order valence-corrected chi connectivity index (χ1v) is 6.52. The minimum atomic E-state index is -4.26.